The molecule has 210 valence electrons. The highest BCUT2D eigenvalue weighted by molar-refractivity contribution is 5.69. The van der Waals surface area contributed by atoms with E-state index < -0.39 is 0 Å². The fraction of sp³-hybridized carbons (Fsp3) is 0.969. The SMILES string of the molecule is C[C@H](CCC(=O)OCOC1CC2CCC1C2)[C@H]1CCC2[C@@H]3CC[C@@H]4C[C@H](O)CC[C@]4(C)[C@H]3C[C@H](O)[C@@]21C. The van der Waals surface area contributed by atoms with Gasteiger partial charge in [-0.2, -0.15) is 0 Å². The number of hydrogen-bond donors (Lipinski definition) is 2. The summed E-state index contributed by atoms with van der Waals surface area (Å²) in [5.41, 5.74) is 0.227. The summed E-state index contributed by atoms with van der Waals surface area (Å²) in [6.45, 7) is 7.28. The Bertz CT molecular complexity index is 845. The van der Waals surface area contributed by atoms with Gasteiger partial charge in [-0.25, -0.2) is 0 Å². The van der Waals surface area contributed by atoms with Crippen LogP contribution < -0.4 is 0 Å². The maximum absolute atomic E-state index is 12.5. The Kier molecular flexibility index (Phi) is 7.23. The molecule has 5 nitrogen and oxygen atoms in total. The number of hydrogen-bond acceptors (Lipinski definition) is 5. The zero-order chi connectivity index (χ0) is 25.9. The van der Waals surface area contributed by atoms with Crippen LogP contribution in [0.4, 0.5) is 0 Å². The number of ether oxygens (including phenoxy) is 2. The van der Waals surface area contributed by atoms with Crippen molar-refractivity contribution < 1.29 is 24.5 Å². The normalized spacial score (nSPS) is 51.3. The van der Waals surface area contributed by atoms with E-state index in [0.29, 0.717) is 54.0 Å². The molecule has 6 saturated carbocycles. The minimum absolute atomic E-state index is 0.0488. The number of fused-ring (bicyclic) bond motifs is 7. The fourth-order valence-electron chi connectivity index (χ4n) is 11.4. The highest BCUT2D eigenvalue weighted by Gasteiger charge is 2.63. The third-order valence-corrected chi connectivity index (χ3v) is 13.5. The van der Waals surface area contributed by atoms with Gasteiger partial charge in [-0.05, 0) is 142 Å². The van der Waals surface area contributed by atoms with E-state index in [-0.39, 0.29) is 35.8 Å². The molecule has 5 heteroatoms. The van der Waals surface area contributed by atoms with Gasteiger partial charge in [0.15, 0.2) is 6.79 Å². The molecular formula is C32H52O5. The first kappa shape index (κ1) is 26.6. The molecule has 6 aliphatic rings. The van der Waals surface area contributed by atoms with Crippen LogP contribution in [0.15, 0.2) is 0 Å². The first-order valence-electron chi connectivity index (χ1n) is 15.8. The predicted octanol–water partition coefficient (Wildman–Crippen LogP) is 6.10. The summed E-state index contributed by atoms with van der Waals surface area (Å²) in [4.78, 5) is 12.5. The molecule has 0 heterocycles. The molecule has 6 aliphatic carbocycles. The summed E-state index contributed by atoms with van der Waals surface area (Å²) < 4.78 is 11.4. The summed E-state index contributed by atoms with van der Waals surface area (Å²) in [5.74, 6) is 4.74. The maximum atomic E-state index is 12.5. The van der Waals surface area contributed by atoms with Gasteiger partial charge < -0.3 is 19.7 Å². The van der Waals surface area contributed by atoms with Crippen LogP contribution in [0.5, 0.6) is 0 Å². The summed E-state index contributed by atoms with van der Waals surface area (Å²) in [6.07, 6.45) is 15.1. The predicted molar refractivity (Wildman–Crippen MR) is 142 cm³/mol. The second-order valence-corrected chi connectivity index (χ2v) is 14.9. The van der Waals surface area contributed by atoms with Crippen molar-refractivity contribution in [1.29, 1.82) is 0 Å². The first-order valence-corrected chi connectivity index (χ1v) is 15.8. The smallest absolute Gasteiger partial charge is 0.307 e. The molecule has 0 saturated heterocycles. The minimum Gasteiger partial charge on any atom is -0.438 e. The highest BCUT2D eigenvalue weighted by Crippen LogP contribution is 2.68. The van der Waals surface area contributed by atoms with Gasteiger partial charge >= 0.3 is 5.97 Å². The van der Waals surface area contributed by atoms with Crippen LogP contribution in [0.3, 0.4) is 0 Å². The van der Waals surface area contributed by atoms with Crippen molar-refractivity contribution in [3.05, 3.63) is 0 Å². The quantitative estimate of drug-likeness (QED) is 0.316. The Labute approximate surface area is 224 Å². The van der Waals surface area contributed by atoms with Crippen molar-refractivity contribution in [2.75, 3.05) is 6.79 Å². The van der Waals surface area contributed by atoms with Crippen LogP contribution in [-0.4, -0.2) is 41.3 Å². The maximum Gasteiger partial charge on any atom is 0.307 e. The van der Waals surface area contributed by atoms with Gasteiger partial charge in [0, 0.05) is 6.42 Å². The number of aliphatic hydroxyl groups excluding tert-OH is 2. The van der Waals surface area contributed by atoms with E-state index in [1.165, 1.54) is 44.9 Å². The molecule has 2 N–H and O–H groups in total. The molecule has 6 rings (SSSR count). The van der Waals surface area contributed by atoms with Gasteiger partial charge in [-0.1, -0.05) is 20.8 Å². The van der Waals surface area contributed by atoms with Crippen molar-refractivity contribution in [2.45, 2.75) is 129 Å². The molecule has 13 atom stereocenters. The molecule has 0 aromatic heterocycles. The topological polar surface area (TPSA) is 76.0 Å². The summed E-state index contributed by atoms with van der Waals surface area (Å²) in [5, 5.41) is 22.1. The lowest BCUT2D eigenvalue weighted by Crippen LogP contribution is -2.58. The number of aliphatic hydroxyl groups is 2. The van der Waals surface area contributed by atoms with E-state index in [0.717, 1.165) is 44.4 Å². The standard InChI is InChI=1S/C32H52O5/c1-19(4-11-30(35)37-18-36-28-15-20-5-6-21(28)14-20)25-9-10-26-24-8-7-22-16-23(33)12-13-31(22,2)27(24)17-29(34)32(25,26)3/h19-29,33-34H,4-18H2,1-3H3/t19-,20?,21?,22-,23-,24+,25-,26?,27+,28?,29+,31+,32-/m1/s1. The fourth-order valence-corrected chi connectivity index (χ4v) is 11.4. The molecule has 0 radical (unpaired) electrons. The van der Waals surface area contributed by atoms with Crippen LogP contribution in [0, 0.1) is 58.2 Å². The Morgan fingerprint density at radius 2 is 1.78 bits per heavy atom. The van der Waals surface area contributed by atoms with Gasteiger partial charge in [0.25, 0.3) is 0 Å². The molecule has 6 fully saturated rings. The zero-order valence-corrected chi connectivity index (χ0v) is 23.6. The van der Waals surface area contributed by atoms with Crippen molar-refractivity contribution in [2.24, 2.45) is 58.2 Å². The average molecular weight is 517 g/mol. The van der Waals surface area contributed by atoms with Crippen molar-refractivity contribution in [1.82, 2.24) is 0 Å². The molecule has 0 aromatic carbocycles. The van der Waals surface area contributed by atoms with Gasteiger partial charge in [0.2, 0.25) is 0 Å². The van der Waals surface area contributed by atoms with Gasteiger partial charge in [0.1, 0.15) is 0 Å². The Morgan fingerprint density at radius 1 is 0.946 bits per heavy atom. The van der Waals surface area contributed by atoms with E-state index in [2.05, 4.69) is 20.8 Å². The van der Waals surface area contributed by atoms with Gasteiger partial charge in [0.05, 0.1) is 18.3 Å². The van der Waals surface area contributed by atoms with Crippen LogP contribution in [0.2, 0.25) is 0 Å². The number of rotatable bonds is 7. The van der Waals surface area contributed by atoms with E-state index in [9.17, 15) is 15.0 Å². The van der Waals surface area contributed by atoms with E-state index in [1.807, 2.05) is 0 Å². The largest absolute Gasteiger partial charge is 0.438 e. The highest BCUT2D eigenvalue weighted by atomic mass is 16.7. The lowest BCUT2D eigenvalue weighted by molar-refractivity contribution is -0.175. The van der Waals surface area contributed by atoms with Crippen molar-refractivity contribution in [3.63, 3.8) is 0 Å². The summed E-state index contributed by atoms with van der Waals surface area (Å²) >= 11 is 0. The third kappa shape index (κ3) is 4.51. The molecular weight excluding hydrogens is 464 g/mol. The lowest BCUT2D eigenvalue weighted by Gasteiger charge is -2.62. The Balaban J connectivity index is 1.03. The van der Waals surface area contributed by atoms with E-state index >= 15 is 0 Å². The van der Waals surface area contributed by atoms with Crippen LogP contribution in [0.25, 0.3) is 0 Å². The second kappa shape index (κ2) is 10.1. The van der Waals surface area contributed by atoms with Gasteiger partial charge in [-0.15, -0.1) is 0 Å². The number of esters is 1. The third-order valence-electron chi connectivity index (χ3n) is 13.5. The Hall–Kier alpha value is -0.650. The lowest BCUT2D eigenvalue weighted by atomic mass is 9.43. The van der Waals surface area contributed by atoms with Gasteiger partial charge in [-0.3, -0.25) is 4.79 Å². The molecule has 2 bridgehead atoms. The molecule has 0 aromatic rings. The molecule has 37 heavy (non-hydrogen) atoms. The average Bonchev–Trinajstić information content (AvgIpc) is 3.59. The van der Waals surface area contributed by atoms with E-state index in [4.69, 9.17) is 9.47 Å². The summed E-state index contributed by atoms with van der Waals surface area (Å²) in [7, 11) is 0. The van der Waals surface area contributed by atoms with Crippen LogP contribution in [0.1, 0.15) is 111 Å². The Morgan fingerprint density at radius 3 is 2.54 bits per heavy atom. The summed E-state index contributed by atoms with van der Waals surface area (Å²) in [6, 6.07) is 0. The van der Waals surface area contributed by atoms with Crippen molar-refractivity contribution >= 4 is 5.97 Å². The minimum atomic E-state index is -0.266. The molecule has 4 unspecified atom stereocenters. The van der Waals surface area contributed by atoms with Crippen LogP contribution in [-0.2, 0) is 14.3 Å². The first-order chi connectivity index (χ1) is 17.7. The monoisotopic (exact) mass is 516 g/mol. The van der Waals surface area contributed by atoms with E-state index in [1.54, 1.807) is 0 Å². The number of carbonyl (C=O) groups excluding carboxylic acids is 1. The zero-order valence-electron chi connectivity index (χ0n) is 23.6. The molecule has 0 spiro atoms. The van der Waals surface area contributed by atoms with Crippen molar-refractivity contribution in [3.8, 4) is 0 Å². The van der Waals surface area contributed by atoms with Crippen LogP contribution >= 0.6 is 0 Å². The molecule has 0 aliphatic heterocycles. The number of carbonyl (C=O) groups is 1. The molecule has 0 amide bonds. The second-order valence-electron chi connectivity index (χ2n) is 14.9.